The molecule has 0 aliphatic heterocycles. The van der Waals surface area contributed by atoms with Crippen molar-refractivity contribution in [3.05, 3.63) is 94.5 Å². The van der Waals surface area contributed by atoms with E-state index in [-0.39, 0.29) is 0 Å². The lowest BCUT2D eigenvalue weighted by Crippen LogP contribution is -2.16. The summed E-state index contributed by atoms with van der Waals surface area (Å²) in [5.74, 6) is -0.248. The molecule has 4 nitrogen and oxygen atoms in total. The van der Waals surface area contributed by atoms with Crippen molar-refractivity contribution in [1.82, 2.24) is 0 Å². The maximum atomic E-state index is 12.9. The Morgan fingerprint density at radius 3 is 1.68 bits per heavy atom. The summed E-state index contributed by atoms with van der Waals surface area (Å²) >= 11 is 0. The summed E-state index contributed by atoms with van der Waals surface area (Å²) in [6.45, 7) is 6.14. The highest BCUT2D eigenvalue weighted by Gasteiger charge is 2.24. The molecule has 0 atom stereocenters. The fraction of sp³-hybridized carbons (Fsp3) is 0.259. The summed E-state index contributed by atoms with van der Waals surface area (Å²) in [5, 5.41) is 0. The smallest absolute Gasteiger partial charge is 0.343 e. The third-order valence-corrected chi connectivity index (χ3v) is 5.07. The lowest BCUT2D eigenvalue weighted by Gasteiger charge is -2.20. The highest BCUT2D eigenvalue weighted by molar-refractivity contribution is 5.93. The number of carbonyl (C=O) groups is 2. The van der Waals surface area contributed by atoms with Gasteiger partial charge in [0.05, 0.1) is 11.1 Å². The first-order chi connectivity index (χ1) is 15.0. The van der Waals surface area contributed by atoms with Gasteiger partial charge in [-0.05, 0) is 55.2 Å². The van der Waals surface area contributed by atoms with E-state index in [0.29, 0.717) is 35.5 Å². The Balaban J connectivity index is 2.09. The number of rotatable bonds is 8. The molecule has 0 spiro atoms. The second kappa shape index (κ2) is 10.6. The van der Waals surface area contributed by atoms with Crippen LogP contribution in [0.4, 0.5) is 0 Å². The van der Waals surface area contributed by atoms with E-state index in [1.807, 2.05) is 25.1 Å². The highest BCUT2D eigenvalue weighted by atomic mass is 16.6. The highest BCUT2D eigenvalue weighted by Crippen LogP contribution is 2.40. The molecule has 0 radical (unpaired) electrons. The molecule has 0 aliphatic rings. The fourth-order valence-corrected chi connectivity index (χ4v) is 3.56. The van der Waals surface area contributed by atoms with Crippen LogP contribution < -0.4 is 9.47 Å². The van der Waals surface area contributed by atoms with Gasteiger partial charge in [0.1, 0.15) is 0 Å². The summed E-state index contributed by atoms with van der Waals surface area (Å²) < 4.78 is 11.8. The Hall–Kier alpha value is -3.40. The molecule has 0 amide bonds. The number of aryl methyl sites for hydroxylation is 2. The third kappa shape index (κ3) is 5.40. The Morgan fingerprint density at radius 1 is 0.710 bits per heavy atom. The number of hydrogen-bond donors (Lipinski definition) is 0. The summed E-state index contributed by atoms with van der Waals surface area (Å²) in [6.07, 6.45) is 3.16. The van der Waals surface area contributed by atoms with Gasteiger partial charge in [0, 0.05) is 5.56 Å². The van der Waals surface area contributed by atoms with Crippen LogP contribution in [0.3, 0.4) is 0 Å². The Morgan fingerprint density at radius 2 is 1.19 bits per heavy atom. The van der Waals surface area contributed by atoms with Gasteiger partial charge in [-0.25, -0.2) is 9.59 Å². The van der Waals surface area contributed by atoms with E-state index >= 15 is 0 Å². The van der Waals surface area contributed by atoms with Gasteiger partial charge in [-0.2, -0.15) is 0 Å². The van der Waals surface area contributed by atoms with Crippen molar-refractivity contribution < 1.29 is 19.1 Å². The SMILES string of the molecule is CCCc1cc(C)c(CCC)c(OC(=O)c2ccccc2)c1OC(=O)c1ccccc1. The molecule has 0 aliphatic carbocycles. The molecule has 31 heavy (non-hydrogen) atoms. The van der Waals surface area contributed by atoms with Crippen molar-refractivity contribution in [3.63, 3.8) is 0 Å². The summed E-state index contributed by atoms with van der Waals surface area (Å²) in [5.41, 5.74) is 3.68. The molecule has 160 valence electrons. The second-order valence-corrected chi connectivity index (χ2v) is 7.50. The van der Waals surface area contributed by atoms with Crippen LogP contribution in [-0.2, 0) is 12.8 Å². The van der Waals surface area contributed by atoms with Crippen LogP contribution in [-0.4, -0.2) is 11.9 Å². The van der Waals surface area contributed by atoms with Crippen LogP contribution in [0.15, 0.2) is 66.7 Å². The van der Waals surface area contributed by atoms with Gasteiger partial charge < -0.3 is 9.47 Å². The molecule has 0 bridgehead atoms. The minimum atomic E-state index is -0.471. The van der Waals surface area contributed by atoms with Crippen molar-refractivity contribution in [2.24, 2.45) is 0 Å². The second-order valence-electron chi connectivity index (χ2n) is 7.50. The molecule has 3 aromatic carbocycles. The topological polar surface area (TPSA) is 52.6 Å². The third-order valence-electron chi connectivity index (χ3n) is 5.07. The molecule has 0 saturated heterocycles. The van der Waals surface area contributed by atoms with Crippen molar-refractivity contribution in [2.45, 2.75) is 46.5 Å². The van der Waals surface area contributed by atoms with Gasteiger partial charge in [-0.15, -0.1) is 0 Å². The summed E-state index contributed by atoms with van der Waals surface area (Å²) in [7, 11) is 0. The average Bonchev–Trinajstić information content (AvgIpc) is 2.79. The normalized spacial score (nSPS) is 10.5. The number of esters is 2. The Labute approximate surface area is 183 Å². The quantitative estimate of drug-likeness (QED) is 0.318. The molecule has 0 heterocycles. The van der Waals surface area contributed by atoms with Crippen molar-refractivity contribution in [3.8, 4) is 11.5 Å². The zero-order chi connectivity index (χ0) is 22.2. The molecule has 3 rings (SSSR count). The lowest BCUT2D eigenvalue weighted by molar-refractivity contribution is 0.0679. The number of hydrogen-bond acceptors (Lipinski definition) is 4. The maximum absolute atomic E-state index is 12.9. The predicted octanol–water partition coefficient (Wildman–Crippen LogP) is 6.34. The molecule has 0 saturated carbocycles. The first-order valence-electron chi connectivity index (χ1n) is 10.7. The molecule has 0 aromatic heterocycles. The molecule has 4 heteroatoms. The number of benzene rings is 3. The van der Waals surface area contributed by atoms with Crippen LogP contribution in [0, 0.1) is 6.92 Å². The zero-order valence-electron chi connectivity index (χ0n) is 18.3. The number of ether oxygens (including phenoxy) is 2. The van der Waals surface area contributed by atoms with Gasteiger partial charge in [0.2, 0.25) is 0 Å². The molecule has 3 aromatic rings. The van der Waals surface area contributed by atoms with E-state index in [9.17, 15) is 9.59 Å². The summed E-state index contributed by atoms with van der Waals surface area (Å²) in [4.78, 5) is 25.8. The number of carbonyl (C=O) groups excluding carboxylic acids is 2. The van der Waals surface area contributed by atoms with Crippen LogP contribution in [0.25, 0.3) is 0 Å². The van der Waals surface area contributed by atoms with Gasteiger partial charge in [0.15, 0.2) is 11.5 Å². The van der Waals surface area contributed by atoms with E-state index in [4.69, 9.17) is 9.47 Å². The zero-order valence-corrected chi connectivity index (χ0v) is 18.3. The molecule has 0 fully saturated rings. The van der Waals surface area contributed by atoms with E-state index in [1.54, 1.807) is 48.5 Å². The van der Waals surface area contributed by atoms with Crippen molar-refractivity contribution in [1.29, 1.82) is 0 Å². The van der Waals surface area contributed by atoms with Crippen LogP contribution in [0.1, 0.15) is 64.1 Å². The standard InChI is InChI=1S/C27H28O4/c1-4-12-22-18-19(3)23(13-5-2)25(31-27(29)21-16-10-7-11-17-21)24(22)30-26(28)20-14-8-6-9-15-20/h6-11,14-18H,4-5,12-13H2,1-3H3. The fourth-order valence-electron chi connectivity index (χ4n) is 3.56. The lowest BCUT2D eigenvalue weighted by atomic mass is 9.96. The van der Waals surface area contributed by atoms with E-state index in [0.717, 1.165) is 29.5 Å². The predicted molar refractivity (Wildman–Crippen MR) is 122 cm³/mol. The first-order valence-corrected chi connectivity index (χ1v) is 10.7. The van der Waals surface area contributed by atoms with Gasteiger partial charge in [-0.1, -0.05) is 69.2 Å². The minimum Gasteiger partial charge on any atom is -0.419 e. The molecular formula is C27H28O4. The van der Waals surface area contributed by atoms with Gasteiger partial charge in [-0.3, -0.25) is 0 Å². The van der Waals surface area contributed by atoms with E-state index in [1.165, 1.54) is 0 Å². The molecule has 0 unspecified atom stereocenters. The largest absolute Gasteiger partial charge is 0.419 e. The Kier molecular flexibility index (Phi) is 7.60. The van der Waals surface area contributed by atoms with Crippen molar-refractivity contribution in [2.75, 3.05) is 0 Å². The molecule has 0 N–H and O–H groups in total. The van der Waals surface area contributed by atoms with Crippen LogP contribution in [0.2, 0.25) is 0 Å². The first kappa shape index (κ1) is 22.3. The van der Waals surface area contributed by atoms with Gasteiger partial charge >= 0.3 is 11.9 Å². The minimum absolute atomic E-state index is 0.342. The maximum Gasteiger partial charge on any atom is 0.343 e. The van der Waals surface area contributed by atoms with Crippen LogP contribution >= 0.6 is 0 Å². The molecular weight excluding hydrogens is 388 g/mol. The summed E-state index contributed by atoms with van der Waals surface area (Å²) in [6, 6.07) is 19.7. The van der Waals surface area contributed by atoms with E-state index in [2.05, 4.69) is 13.8 Å². The van der Waals surface area contributed by atoms with Crippen molar-refractivity contribution >= 4 is 11.9 Å². The van der Waals surface area contributed by atoms with Gasteiger partial charge in [0.25, 0.3) is 0 Å². The Bertz CT molecular complexity index is 1040. The van der Waals surface area contributed by atoms with Crippen LogP contribution in [0.5, 0.6) is 11.5 Å². The average molecular weight is 417 g/mol. The monoisotopic (exact) mass is 416 g/mol. The van der Waals surface area contributed by atoms with E-state index < -0.39 is 11.9 Å².